The van der Waals surface area contributed by atoms with Crippen molar-refractivity contribution in [1.29, 1.82) is 0 Å². The highest BCUT2D eigenvalue weighted by Gasteiger charge is 2.19. The number of hydrogen-bond acceptors (Lipinski definition) is 4. The fourth-order valence-electron chi connectivity index (χ4n) is 1.42. The summed E-state index contributed by atoms with van der Waals surface area (Å²) >= 11 is 1.69. The fourth-order valence-corrected chi connectivity index (χ4v) is 2.30. The summed E-state index contributed by atoms with van der Waals surface area (Å²) in [6.45, 7) is 3.08. The Morgan fingerprint density at radius 1 is 1.67 bits per heavy atom. The van der Waals surface area contributed by atoms with E-state index in [0.29, 0.717) is 0 Å². The van der Waals surface area contributed by atoms with Crippen molar-refractivity contribution in [3.05, 3.63) is 16.1 Å². The third-order valence-corrected chi connectivity index (χ3v) is 3.72. The van der Waals surface area contributed by atoms with E-state index in [1.807, 2.05) is 6.92 Å². The number of nitrogens with zero attached hydrogens (tertiary/aromatic N) is 1. The zero-order valence-electron chi connectivity index (χ0n) is 9.32. The maximum Gasteiger partial charge on any atom is 0.121 e. The molecule has 1 aromatic heterocycles. The second-order valence-electron chi connectivity index (χ2n) is 4.03. The average molecular weight is 226 g/mol. The molecule has 1 atom stereocenters. The molecule has 1 fully saturated rings. The number of hydrogen-bond donors (Lipinski definition) is 1. The Labute approximate surface area is 94.9 Å². The van der Waals surface area contributed by atoms with E-state index in [1.165, 1.54) is 18.5 Å². The van der Waals surface area contributed by atoms with Gasteiger partial charge in [0.25, 0.3) is 0 Å². The molecule has 1 unspecified atom stereocenters. The smallest absolute Gasteiger partial charge is 0.121 e. The van der Waals surface area contributed by atoms with Gasteiger partial charge in [-0.1, -0.05) is 0 Å². The lowest BCUT2D eigenvalue weighted by atomic mass is 10.3. The molecule has 2 rings (SSSR count). The van der Waals surface area contributed by atoms with Crippen LogP contribution in [0.3, 0.4) is 0 Å². The van der Waals surface area contributed by atoms with E-state index >= 15 is 0 Å². The molecule has 0 aliphatic heterocycles. The van der Waals surface area contributed by atoms with Crippen molar-refractivity contribution in [2.24, 2.45) is 0 Å². The van der Waals surface area contributed by atoms with Gasteiger partial charge < -0.3 is 10.1 Å². The third-order valence-electron chi connectivity index (χ3n) is 2.66. The molecular formula is C11H18N2OS. The van der Waals surface area contributed by atoms with Gasteiger partial charge in [0.05, 0.1) is 5.69 Å². The minimum atomic E-state index is 0.125. The van der Waals surface area contributed by atoms with E-state index in [-0.39, 0.29) is 6.10 Å². The van der Waals surface area contributed by atoms with Crippen molar-refractivity contribution in [2.45, 2.75) is 38.3 Å². The van der Waals surface area contributed by atoms with Gasteiger partial charge in [-0.2, -0.15) is 0 Å². The second-order valence-corrected chi connectivity index (χ2v) is 4.92. The number of thiazole rings is 1. The first-order chi connectivity index (χ1) is 7.29. The first kappa shape index (κ1) is 11.0. The number of rotatable bonds is 6. The molecular weight excluding hydrogens is 208 g/mol. The molecule has 3 nitrogen and oxygen atoms in total. The van der Waals surface area contributed by atoms with E-state index in [2.05, 4.69) is 15.7 Å². The Hall–Kier alpha value is -0.450. The van der Waals surface area contributed by atoms with E-state index in [4.69, 9.17) is 4.74 Å². The second kappa shape index (κ2) is 5.05. The van der Waals surface area contributed by atoms with Crippen LogP contribution in [0.5, 0.6) is 0 Å². The van der Waals surface area contributed by atoms with Gasteiger partial charge in [-0.15, -0.1) is 11.3 Å². The molecule has 0 aromatic carbocycles. The monoisotopic (exact) mass is 226 g/mol. The van der Waals surface area contributed by atoms with Gasteiger partial charge in [0.2, 0.25) is 0 Å². The largest absolute Gasteiger partial charge is 0.375 e. The molecule has 0 spiro atoms. The first-order valence-corrected chi connectivity index (χ1v) is 6.38. The highest BCUT2D eigenvalue weighted by Crippen LogP contribution is 2.21. The normalized spacial score (nSPS) is 18.0. The molecule has 84 valence electrons. The van der Waals surface area contributed by atoms with Crippen LogP contribution in [0.2, 0.25) is 0 Å². The van der Waals surface area contributed by atoms with Gasteiger partial charge in [0.1, 0.15) is 11.1 Å². The van der Waals surface area contributed by atoms with Gasteiger partial charge in [-0.3, -0.25) is 0 Å². The quantitative estimate of drug-likeness (QED) is 0.807. The SMILES string of the molecule is COC(C)c1nc(CCNC2CC2)cs1. The Morgan fingerprint density at radius 2 is 2.47 bits per heavy atom. The standard InChI is InChI=1S/C11H18N2OS/c1-8(14-2)11-13-10(7-15-11)5-6-12-9-3-4-9/h7-9,12H,3-6H2,1-2H3. The van der Waals surface area contributed by atoms with Gasteiger partial charge in [-0.05, 0) is 19.8 Å². The Balaban J connectivity index is 1.77. The maximum absolute atomic E-state index is 5.23. The summed E-state index contributed by atoms with van der Waals surface area (Å²) in [4.78, 5) is 4.55. The first-order valence-electron chi connectivity index (χ1n) is 5.50. The Kier molecular flexibility index (Phi) is 3.72. The summed E-state index contributed by atoms with van der Waals surface area (Å²) < 4.78 is 5.23. The Bertz CT molecular complexity index is 309. The van der Waals surface area contributed by atoms with Gasteiger partial charge >= 0.3 is 0 Å². The predicted molar refractivity (Wildman–Crippen MR) is 62.3 cm³/mol. The van der Waals surface area contributed by atoms with Crippen LogP contribution in [-0.4, -0.2) is 24.7 Å². The summed E-state index contributed by atoms with van der Waals surface area (Å²) in [6.07, 6.45) is 3.86. The molecule has 0 saturated heterocycles. The predicted octanol–water partition coefficient (Wildman–Crippen LogP) is 2.14. The van der Waals surface area contributed by atoms with Gasteiger partial charge in [0, 0.05) is 31.5 Å². The molecule has 4 heteroatoms. The highest BCUT2D eigenvalue weighted by molar-refractivity contribution is 7.09. The minimum absolute atomic E-state index is 0.125. The lowest BCUT2D eigenvalue weighted by Crippen LogP contribution is -2.19. The summed E-state index contributed by atoms with van der Waals surface area (Å²) in [7, 11) is 1.72. The van der Waals surface area contributed by atoms with Crippen LogP contribution in [0.25, 0.3) is 0 Å². The summed E-state index contributed by atoms with van der Waals surface area (Å²) in [5, 5.41) is 6.71. The van der Waals surface area contributed by atoms with Crippen LogP contribution in [-0.2, 0) is 11.2 Å². The van der Waals surface area contributed by atoms with Crippen LogP contribution in [0.15, 0.2) is 5.38 Å². The number of aromatic nitrogens is 1. The summed E-state index contributed by atoms with van der Waals surface area (Å²) in [6, 6.07) is 0.793. The number of nitrogens with one attached hydrogen (secondary N) is 1. The molecule has 0 amide bonds. The molecule has 1 N–H and O–H groups in total. The molecule has 1 aromatic rings. The van der Waals surface area contributed by atoms with E-state index in [9.17, 15) is 0 Å². The summed E-state index contributed by atoms with van der Waals surface area (Å²) in [5.41, 5.74) is 1.19. The van der Waals surface area contributed by atoms with E-state index in [0.717, 1.165) is 24.0 Å². The molecule has 1 saturated carbocycles. The number of ether oxygens (including phenoxy) is 1. The molecule has 15 heavy (non-hydrogen) atoms. The van der Waals surface area contributed by atoms with Crippen LogP contribution >= 0.6 is 11.3 Å². The molecule has 1 aliphatic rings. The molecule has 0 radical (unpaired) electrons. The average Bonchev–Trinajstić information content (AvgIpc) is 2.94. The highest BCUT2D eigenvalue weighted by atomic mass is 32.1. The zero-order chi connectivity index (χ0) is 10.7. The topological polar surface area (TPSA) is 34.1 Å². The van der Waals surface area contributed by atoms with Crippen LogP contribution in [0.1, 0.15) is 36.6 Å². The van der Waals surface area contributed by atoms with Crippen molar-refractivity contribution >= 4 is 11.3 Å². The summed E-state index contributed by atoms with van der Waals surface area (Å²) in [5.74, 6) is 0. The fraction of sp³-hybridized carbons (Fsp3) is 0.727. The lowest BCUT2D eigenvalue weighted by Gasteiger charge is -2.03. The molecule has 1 heterocycles. The van der Waals surface area contributed by atoms with E-state index in [1.54, 1.807) is 18.4 Å². The van der Waals surface area contributed by atoms with Crippen LogP contribution in [0.4, 0.5) is 0 Å². The van der Waals surface area contributed by atoms with Crippen molar-refractivity contribution in [1.82, 2.24) is 10.3 Å². The lowest BCUT2D eigenvalue weighted by molar-refractivity contribution is 0.119. The maximum atomic E-state index is 5.23. The van der Waals surface area contributed by atoms with Crippen LogP contribution < -0.4 is 5.32 Å². The van der Waals surface area contributed by atoms with Crippen molar-refractivity contribution in [2.75, 3.05) is 13.7 Å². The molecule has 1 aliphatic carbocycles. The third kappa shape index (κ3) is 3.26. The number of methoxy groups -OCH3 is 1. The van der Waals surface area contributed by atoms with Gasteiger partial charge in [-0.25, -0.2) is 4.98 Å². The van der Waals surface area contributed by atoms with Crippen molar-refractivity contribution in [3.8, 4) is 0 Å². The van der Waals surface area contributed by atoms with Crippen LogP contribution in [0, 0.1) is 0 Å². The zero-order valence-corrected chi connectivity index (χ0v) is 10.1. The Morgan fingerprint density at radius 3 is 3.13 bits per heavy atom. The van der Waals surface area contributed by atoms with E-state index < -0.39 is 0 Å². The molecule has 0 bridgehead atoms. The van der Waals surface area contributed by atoms with Gasteiger partial charge in [0.15, 0.2) is 0 Å². The van der Waals surface area contributed by atoms with Crippen molar-refractivity contribution < 1.29 is 4.74 Å². The minimum Gasteiger partial charge on any atom is -0.375 e. The van der Waals surface area contributed by atoms with Crippen molar-refractivity contribution in [3.63, 3.8) is 0 Å².